The van der Waals surface area contributed by atoms with Crippen LogP contribution in [0.2, 0.25) is 0 Å². The van der Waals surface area contributed by atoms with Crippen LogP contribution in [0.15, 0.2) is 9.85 Å². The number of aromatic nitrogens is 3. The standard InChI is InChI=1S/C13H17BrN4S/c1-7(2)4-9-12(14)13(15)18-10(17-9)5-11-16-8(3)6-19-11/h6-7H,4-5H2,1-3H3,(H2,15,17,18). The number of nitrogens with zero attached hydrogens (tertiary/aromatic N) is 3. The Morgan fingerprint density at radius 1 is 1.32 bits per heavy atom. The summed E-state index contributed by atoms with van der Waals surface area (Å²) in [6.45, 7) is 6.31. The molecule has 0 aliphatic rings. The van der Waals surface area contributed by atoms with Crippen LogP contribution in [0.25, 0.3) is 0 Å². The zero-order valence-corrected chi connectivity index (χ0v) is 13.7. The second-order valence-electron chi connectivity index (χ2n) is 4.94. The van der Waals surface area contributed by atoms with Gasteiger partial charge in [0.2, 0.25) is 0 Å². The molecule has 4 nitrogen and oxygen atoms in total. The lowest BCUT2D eigenvalue weighted by atomic mass is 10.1. The number of hydrogen-bond acceptors (Lipinski definition) is 5. The lowest BCUT2D eigenvalue weighted by molar-refractivity contribution is 0.629. The Hall–Kier alpha value is -1.01. The fraction of sp³-hybridized carbons (Fsp3) is 0.462. The second-order valence-corrected chi connectivity index (χ2v) is 6.68. The monoisotopic (exact) mass is 340 g/mol. The van der Waals surface area contributed by atoms with Gasteiger partial charge < -0.3 is 5.73 Å². The van der Waals surface area contributed by atoms with Crippen LogP contribution in [0.1, 0.15) is 36.1 Å². The molecule has 0 saturated carbocycles. The van der Waals surface area contributed by atoms with Crippen LogP contribution in [0.3, 0.4) is 0 Å². The van der Waals surface area contributed by atoms with Crippen molar-refractivity contribution in [1.82, 2.24) is 15.0 Å². The maximum Gasteiger partial charge on any atom is 0.141 e. The Bertz CT molecular complexity index is 580. The summed E-state index contributed by atoms with van der Waals surface area (Å²) in [4.78, 5) is 13.4. The summed E-state index contributed by atoms with van der Waals surface area (Å²) in [5.74, 6) is 1.78. The number of nitrogens with two attached hydrogens (primary N) is 1. The summed E-state index contributed by atoms with van der Waals surface area (Å²) < 4.78 is 0.820. The normalized spacial score (nSPS) is 11.2. The van der Waals surface area contributed by atoms with E-state index in [4.69, 9.17) is 5.73 Å². The molecule has 0 aliphatic carbocycles. The number of halogens is 1. The molecule has 0 aliphatic heterocycles. The molecule has 6 heteroatoms. The Kier molecular flexibility index (Phi) is 4.52. The van der Waals surface area contributed by atoms with E-state index in [0.717, 1.165) is 33.1 Å². The van der Waals surface area contributed by atoms with Crippen molar-refractivity contribution in [3.05, 3.63) is 32.1 Å². The lowest BCUT2D eigenvalue weighted by Gasteiger charge is -2.10. The van der Waals surface area contributed by atoms with Gasteiger partial charge >= 0.3 is 0 Å². The molecule has 2 aromatic heterocycles. The SMILES string of the molecule is Cc1csc(Cc2nc(N)c(Br)c(CC(C)C)n2)n1. The van der Waals surface area contributed by atoms with Crippen molar-refractivity contribution in [2.45, 2.75) is 33.6 Å². The van der Waals surface area contributed by atoms with Crippen LogP contribution in [-0.4, -0.2) is 15.0 Å². The lowest BCUT2D eigenvalue weighted by Crippen LogP contribution is -2.08. The van der Waals surface area contributed by atoms with E-state index in [-0.39, 0.29) is 0 Å². The van der Waals surface area contributed by atoms with Gasteiger partial charge in [-0.1, -0.05) is 13.8 Å². The van der Waals surface area contributed by atoms with Gasteiger partial charge in [-0.2, -0.15) is 0 Å². The van der Waals surface area contributed by atoms with Gasteiger partial charge in [0.05, 0.1) is 16.6 Å². The van der Waals surface area contributed by atoms with Crippen LogP contribution >= 0.6 is 27.3 Å². The molecule has 0 unspecified atom stereocenters. The van der Waals surface area contributed by atoms with Crippen molar-refractivity contribution in [3.63, 3.8) is 0 Å². The molecule has 0 fully saturated rings. The third-order valence-corrected chi connectivity index (χ3v) is 4.40. The predicted octanol–water partition coefficient (Wildman–Crippen LogP) is 3.38. The van der Waals surface area contributed by atoms with Crippen molar-refractivity contribution < 1.29 is 0 Å². The molecular formula is C13H17BrN4S. The number of anilines is 1. The maximum atomic E-state index is 5.94. The fourth-order valence-corrected chi connectivity index (χ4v) is 2.89. The van der Waals surface area contributed by atoms with Gasteiger partial charge in [-0.25, -0.2) is 15.0 Å². The second kappa shape index (κ2) is 5.96. The molecule has 2 N–H and O–H groups in total. The van der Waals surface area contributed by atoms with E-state index in [0.29, 0.717) is 18.2 Å². The predicted molar refractivity (Wildman–Crippen MR) is 82.3 cm³/mol. The van der Waals surface area contributed by atoms with Gasteiger partial charge in [0.15, 0.2) is 0 Å². The van der Waals surface area contributed by atoms with Crippen molar-refractivity contribution in [2.24, 2.45) is 5.92 Å². The van der Waals surface area contributed by atoms with Gasteiger partial charge in [0, 0.05) is 11.1 Å². The van der Waals surface area contributed by atoms with Crippen LogP contribution < -0.4 is 5.73 Å². The Balaban J connectivity index is 2.28. The minimum atomic E-state index is 0.508. The summed E-state index contributed by atoms with van der Waals surface area (Å²) in [5.41, 5.74) is 7.95. The third kappa shape index (κ3) is 3.73. The molecule has 0 amide bonds. The third-order valence-electron chi connectivity index (χ3n) is 2.57. The van der Waals surface area contributed by atoms with Crippen LogP contribution in [-0.2, 0) is 12.8 Å². The molecule has 0 radical (unpaired) electrons. The average Bonchev–Trinajstić information content (AvgIpc) is 2.70. The Labute approximate surface area is 125 Å². The number of thiazole rings is 1. The van der Waals surface area contributed by atoms with E-state index in [9.17, 15) is 0 Å². The Morgan fingerprint density at radius 3 is 2.63 bits per heavy atom. The first-order valence-corrected chi connectivity index (χ1v) is 7.84. The number of rotatable bonds is 4. The largest absolute Gasteiger partial charge is 0.383 e. The average molecular weight is 341 g/mol. The van der Waals surface area contributed by atoms with Crippen LogP contribution in [0.5, 0.6) is 0 Å². The highest BCUT2D eigenvalue weighted by Crippen LogP contribution is 2.24. The van der Waals surface area contributed by atoms with Crippen molar-refractivity contribution >= 4 is 33.1 Å². The highest BCUT2D eigenvalue weighted by atomic mass is 79.9. The van der Waals surface area contributed by atoms with Crippen molar-refractivity contribution in [1.29, 1.82) is 0 Å². The molecule has 0 aromatic carbocycles. The van der Waals surface area contributed by atoms with Crippen molar-refractivity contribution in [3.8, 4) is 0 Å². The molecule has 0 spiro atoms. The van der Waals surface area contributed by atoms with Crippen LogP contribution in [0.4, 0.5) is 5.82 Å². The smallest absolute Gasteiger partial charge is 0.141 e. The van der Waals surface area contributed by atoms with Crippen molar-refractivity contribution in [2.75, 3.05) is 5.73 Å². The first-order chi connectivity index (χ1) is 8.95. The van der Waals surface area contributed by atoms with E-state index < -0.39 is 0 Å². The van der Waals surface area contributed by atoms with Gasteiger partial charge in [-0.3, -0.25) is 0 Å². The van der Waals surface area contributed by atoms with E-state index in [1.54, 1.807) is 11.3 Å². The first kappa shape index (κ1) is 14.4. The minimum absolute atomic E-state index is 0.508. The molecule has 2 heterocycles. The molecule has 2 rings (SSSR count). The number of aryl methyl sites for hydroxylation is 1. The molecule has 19 heavy (non-hydrogen) atoms. The fourth-order valence-electron chi connectivity index (χ4n) is 1.79. The highest BCUT2D eigenvalue weighted by molar-refractivity contribution is 9.10. The van der Waals surface area contributed by atoms with Gasteiger partial charge in [-0.15, -0.1) is 11.3 Å². The summed E-state index contributed by atoms with van der Waals surface area (Å²) in [7, 11) is 0. The summed E-state index contributed by atoms with van der Waals surface area (Å²) in [5, 5.41) is 3.06. The summed E-state index contributed by atoms with van der Waals surface area (Å²) >= 11 is 5.10. The van der Waals surface area contributed by atoms with E-state index >= 15 is 0 Å². The molecule has 102 valence electrons. The van der Waals surface area contributed by atoms with E-state index in [1.807, 2.05) is 12.3 Å². The molecule has 0 saturated heterocycles. The van der Waals surface area contributed by atoms with E-state index in [1.165, 1.54) is 0 Å². The molecular weight excluding hydrogens is 324 g/mol. The minimum Gasteiger partial charge on any atom is -0.383 e. The Morgan fingerprint density at radius 2 is 2.05 bits per heavy atom. The summed E-state index contributed by atoms with van der Waals surface area (Å²) in [6.07, 6.45) is 1.53. The highest BCUT2D eigenvalue weighted by Gasteiger charge is 2.13. The van der Waals surface area contributed by atoms with E-state index in [2.05, 4.69) is 44.7 Å². The van der Waals surface area contributed by atoms with Crippen LogP contribution in [0, 0.1) is 12.8 Å². The molecule has 2 aromatic rings. The molecule has 0 atom stereocenters. The number of hydrogen-bond donors (Lipinski definition) is 1. The first-order valence-electron chi connectivity index (χ1n) is 6.17. The quantitative estimate of drug-likeness (QED) is 0.926. The van der Waals surface area contributed by atoms with Gasteiger partial charge in [0.1, 0.15) is 16.6 Å². The van der Waals surface area contributed by atoms with Gasteiger partial charge in [0.25, 0.3) is 0 Å². The van der Waals surface area contributed by atoms with Gasteiger partial charge in [-0.05, 0) is 35.2 Å². The molecule has 0 bridgehead atoms. The number of nitrogen functional groups attached to an aromatic ring is 1. The zero-order valence-electron chi connectivity index (χ0n) is 11.3. The zero-order chi connectivity index (χ0) is 14.0. The topological polar surface area (TPSA) is 64.7 Å². The summed E-state index contributed by atoms with van der Waals surface area (Å²) in [6, 6.07) is 0. The maximum absolute atomic E-state index is 5.94.